The van der Waals surface area contributed by atoms with E-state index in [4.69, 9.17) is 9.73 Å². The highest BCUT2D eigenvalue weighted by Gasteiger charge is 2.45. The topological polar surface area (TPSA) is 77.7 Å². The Balaban J connectivity index is 1.62. The SMILES string of the molecule is CCCCCCC[C@H]1Nc2ccc(C(=O)OCC)cc2[C@@H]2[C@H]1CCN2C(C#N)=NCc1ccccc1. The summed E-state index contributed by atoms with van der Waals surface area (Å²) in [6, 6.07) is 18.6. The van der Waals surface area contributed by atoms with Gasteiger partial charge in [-0.3, -0.25) is 4.99 Å². The number of anilines is 1. The van der Waals surface area contributed by atoms with Gasteiger partial charge in [-0.05, 0) is 49.1 Å². The van der Waals surface area contributed by atoms with E-state index in [9.17, 15) is 10.1 Å². The molecule has 0 aliphatic carbocycles. The molecule has 6 nitrogen and oxygen atoms in total. The minimum absolute atomic E-state index is 0.0189. The molecule has 0 unspecified atom stereocenters. The Bertz CT molecular complexity index is 1090. The van der Waals surface area contributed by atoms with Gasteiger partial charge >= 0.3 is 5.97 Å². The first-order valence-electron chi connectivity index (χ1n) is 13.5. The quantitative estimate of drug-likeness (QED) is 0.179. The maximum absolute atomic E-state index is 12.5. The van der Waals surface area contributed by atoms with E-state index in [0.717, 1.165) is 36.2 Å². The molecule has 0 saturated carbocycles. The molecule has 1 saturated heterocycles. The normalized spacial score (nSPS) is 20.8. The summed E-state index contributed by atoms with van der Waals surface area (Å²) in [4.78, 5) is 19.4. The molecule has 1 N–H and O–H groups in total. The average molecular weight is 487 g/mol. The molecule has 2 aliphatic rings. The number of carbonyl (C=O) groups excluding carboxylic acids is 1. The van der Waals surface area contributed by atoms with E-state index in [2.05, 4.69) is 23.2 Å². The van der Waals surface area contributed by atoms with Crippen LogP contribution in [0.2, 0.25) is 0 Å². The average Bonchev–Trinajstić information content (AvgIpc) is 3.35. The van der Waals surface area contributed by atoms with Crippen LogP contribution in [0.15, 0.2) is 53.5 Å². The molecule has 0 bridgehead atoms. The highest BCUT2D eigenvalue weighted by atomic mass is 16.5. The first kappa shape index (κ1) is 25.8. The molecule has 6 heteroatoms. The van der Waals surface area contributed by atoms with Crippen molar-refractivity contribution in [1.29, 1.82) is 5.26 Å². The van der Waals surface area contributed by atoms with Crippen molar-refractivity contribution in [2.75, 3.05) is 18.5 Å². The molecule has 36 heavy (non-hydrogen) atoms. The van der Waals surface area contributed by atoms with Crippen LogP contribution in [-0.4, -0.2) is 35.9 Å². The van der Waals surface area contributed by atoms with Crippen LogP contribution in [0.4, 0.5) is 5.69 Å². The van der Waals surface area contributed by atoms with Crippen LogP contribution in [0.1, 0.15) is 86.3 Å². The Labute approximate surface area is 215 Å². The van der Waals surface area contributed by atoms with Gasteiger partial charge in [0.2, 0.25) is 5.84 Å². The molecule has 4 rings (SSSR count). The Morgan fingerprint density at radius 1 is 1.14 bits per heavy atom. The molecule has 2 aromatic carbocycles. The lowest BCUT2D eigenvalue weighted by molar-refractivity contribution is 0.0526. The fourth-order valence-corrected chi connectivity index (χ4v) is 5.65. The van der Waals surface area contributed by atoms with Crippen LogP contribution in [0, 0.1) is 17.2 Å². The van der Waals surface area contributed by atoms with Gasteiger partial charge in [-0.2, -0.15) is 5.26 Å². The second-order valence-corrected chi connectivity index (χ2v) is 9.80. The van der Waals surface area contributed by atoms with Crippen molar-refractivity contribution in [2.24, 2.45) is 10.9 Å². The molecular weight excluding hydrogens is 448 g/mol. The number of nitriles is 1. The van der Waals surface area contributed by atoms with Crippen molar-refractivity contribution in [3.63, 3.8) is 0 Å². The zero-order valence-electron chi connectivity index (χ0n) is 21.6. The highest BCUT2D eigenvalue weighted by molar-refractivity contribution is 5.97. The number of benzene rings is 2. The third-order valence-corrected chi connectivity index (χ3v) is 7.43. The highest BCUT2D eigenvalue weighted by Crippen LogP contribution is 2.48. The summed E-state index contributed by atoms with van der Waals surface area (Å²) >= 11 is 0. The number of esters is 1. The molecule has 2 aromatic rings. The standard InChI is InChI=1S/C30H38N4O2/c1-3-5-6-7-11-14-26-24-17-18-34(28(20-31)32-21-22-12-9-8-10-13-22)29(24)25-19-23(30(35)36-4-2)15-16-27(25)33-26/h8-10,12-13,15-16,19,24,26,29,33H,3-7,11,14,17-18,21H2,1-2H3/t24-,26+,29-/m0/s1. The van der Waals surface area contributed by atoms with Gasteiger partial charge in [0, 0.05) is 24.2 Å². The molecule has 1 fully saturated rings. The summed E-state index contributed by atoms with van der Waals surface area (Å²) in [6.45, 7) is 5.67. The van der Waals surface area contributed by atoms with Gasteiger partial charge in [0.05, 0.1) is 24.8 Å². The number of aliphatic imine (C=N–C) groups is 1. The molecule has 2 aliphatic heterocycles. The molecule has 2 heterocycles. The number of amidine groups is 1. The number of fused-ring (bicyclic) bond motifs is 3. The van der Waals surface area contributed by atoms with Crippen LogP contribution >= 0.6 is 0 Å². The lowest BCUT2D eigenvalue weighted by Gasteiger charge is -2.40. The van der Waals surface area contributed by atoms with Crippen molar-refractivity contribution < 1.29 is 9.53 Å². The fourth-order valence-electron chi connectivity index (χ4n) is 5.65. The second-order valence-electron chi connectivity index (χ2n) is 9.80. The summed E-state index contributed by atoms with van der Waals surface area (Å²) in [5.74, 6) is 0.525. The number of hydrogen-bond acceptors (Lipinski definition) is 5. The van der Waals surface area contributed by atoms with Gasteiger partial charge in [-0.25, -0.2) is 4.79 Å². The molecule has 0 radical (unpaired) electrons. The zero-order chi connectivity index (χ0) is 25.3. The molecule has 0 amide bonds. The Morgan fingerprint density at radius 3 is 2.69 bits per heavy atom. The third kappa shape index (κ3) is 5.90. The van der Waals surface area contributed by atoms with E-state index < -0.39 is 0 Å². The summed E-state index contributed by atoms with van der Waals surface area (Å²) in [5, 5.41) is 13.9. The van der Waals surface area contributed by atoms with Crippen LogP contribution in [-0.2, 0) is 11.3 Å². The van der Waals surface area contributed by atoms with Crippen molar-refractivity contribution >= 4 is 17.5 Å². The number of carbonyl (C=O) groups is 1. The van der Waals surface area contributed by atoms with Crippen LogP contribution in [0.25, 0.3) is 0 Å². The summed E-state index contributed by atoms with van der Waals surface area (Å²) in [7, 11) is 0. The van der Waals surface area contributed by atoms with Crippen LogP contribution in [0.5, 0.6) is 0 Å². The number of nitrogens with zero attached hydrogens (tertiary/aromatic N) is 3. The van der Waals surface area contributed by atoms with E-state index in [1.807, 2.05) is 55.5 Å². The van der Waals surface area contributed by atoms with Gasteiger partial charge in [0.1, 0.15) is 6.07 Å². The van der Waals surface area contributed by atoms with Crippen LogP contribution in [0.3, 0.4) is 0 Å². The first-order valence-corrected chi connectivity index (χ1v) is 13.5. The molecule has 3 atom stereocenters. The monoisotopic (exact) mass is 486 g/mol. The Kier molecular flexibility index (Phi) is 9.00. The van der Waals surface area contributed by atoms with Crippen molar-refractivity contribution in [3.8, 4) is 6.07 Å². The van der Waals surface area contributed by atoms with E-state index >= 15 is 0 Å². The number of ether oxygens (including phenoxy) is 1. The lowest BCUT2D eigenvalue weighted by Crippen LogP contribution is -2.41. The zero-order valence-corrected chi connectivity index (χ0v) is 21.6. The number of hydrogen-bond donors (Lipinski definition) is 1. The van der Waals surface area contributed by atoms with Crippen molar-refractivity contribution in [3.05, 3.63) is 65.2 Å². The van der Waals surface area contributed by atoms with Gasteiger partial charge in [-0.15, -0.1) is 0 Å². The molecule has 190 valence electrons. The van der Waals surface area contributed by atoms with Gasteiger partial charge in [0.25, 0.3) is 0 Å². The largest absolute Gasteiger partial charge is 0.462 e. The van der Waals surface area contributed by atoms with E-state index in [0.29, 0.717) is 36.5 Å². The van der Waals surface area contributed by atoms with Crippen molar-refractivity contribution in [1.82, 2.24) is 4.90 Å². The minimum atomic E-state index is -0.308. The summed E-state index contributed by atoms with van der Waals surface area (Å²) in [6.07, 6.45) is 8.38. The Morgan fingerprint density at radius 2 is 1.94 bits per heavy atom. The predicted octanol–water partition coefficient (Wildman–Crippen LogP) is 6.50. The third-order valence-electron chi connectivity index (χ3n) is 7.43. The number of nitrogens with one attached hydrogen (secondary N) is 1. The number of rotatable bonds is 10. The maximum atomic E-state index is 12.5. The van der Waals surface area contributed by atoms with Gasteiger partial charge < -0.3 is 15.0 Å². The fraction of sp³-hybridized carbons (Fsp3) is 0.500. The van der Waals surface area contributed by atoms with Crippen LogP contribution < -0.4 is 5.32 Å². The smallest absolute Gasteiger partial charge is 0.338 e. The number of likely N-dealkylation sites (tertiary alicyclic amines) is 1. The Hall–Kier alpha value is -3.33. The summed E-state index contributed by atoms with van der Waals surface area (Å²) in [5.41, 5.74) is 3.75. The van der Waals surface area contributed by atoms with E-state index in [-0.39, 0.29) is 12.0 Å². The van der Waals surface area contributed by atoms with Gasteiger partial charge in [-0.1, -0.05) is 69.4 Å². The number of unbranched alkanes of at least 4 members (excludes halogenated alkanes) is 4. The second kappa shape index (κ2) is 12.6. The molecule has 0 aromatic heterocycles. The van der Waals surface area contributed by atoms with E-state index in [1.165, 1.54) is 32.1 Å². The minimum Gasteiger partial charge on any atom is -0.462 e. The first-order chi connectivity index (χ1) is 17.7. The molecule has 0 spiro atoms. The molecular formula is C30H38N4O2. The maximum Gasteiger partial charge on any atom is 0.338 e. The lowest BCUT2D eigenvalue weighted by atomic mass is 9.80. The predicted molar refractivity (Wildman–Crippen MR) is 144 cm³/mol. The van der Waals surface area contributed by atoms with Crippen molar-refractivity contribution in [2.45, 2.75) is 77.4 Å². The van der Waals surface area contributed by atoms with E-state index in [1.54, 1.807) is 0 Å². The summed E-state index contributed by atoms with van der Waals surface area (Å²) < 4.78 is 5.27. The van der Waals surface area contributed by atoms with Gasteiger partial charge in [0.15, 0.2) is 0 Å².